The van der Waals surface area contributed by atoms with Gasteiger partial charge in [0.2, 0.25) is 0 Å². The van der Waals surface area contributed by atoms with Gasteiger partial charge in [0.1, 0.15) is 11.5 Å². The van der Waals surface area contributed by atoms with Crippen molar-refractivity contribution in [2.45, 2.75) is 33.4 Å². The molecule has 1 aromatic rings. The van der Waals surface area contributed by atoms with Crippen molar-refractivity contribution in [2.24, 2.45) is 5.73 Å². The highest BCUT2D eigenvalue weighted by molar-refractivity contribution is 5.19. The molecular formula is C14H27N3O. The zero-order valence-electron chi connectivity index (χ0n) is 12.2. The van der Waals surface area contributed by atoms with Gasteiger partial charge in [-0.25, -0.2) is 0 Å². The molecule has 0 amide bonds. The van der Waals surface area contributed by atoms with E-state index in [0.29, 0.717) is 6.54 Å². The summed E-state index contributed by atoms with van der Waals surface area (Å²) in [7, 11) is 4.21. The Morgan fingerprint density at radius 3 is 2.44 bits per heavy atom. The van der Waals surface area contributed by atoms with E-state index in [1.54, 1.807) is 0 Å². The smallest absolute Gasteiger partial charge is 0.120 e. The third-order valence-electron chi connectivity index (χ3n) is 3.04. The highest BCUT2D eigenvalue weighted by Crippen LogP contribution is 2.15. The average molecular weight is 253 g/mol. The summed E-state index contributed by atoms with van der Waals surface area (Å²) in [6.07, 6.45) is 1.16. The molecule has 0 saturated heterocycles. The Morgan fingerprint density at radius 1 is 1.22 bits per heavy atom. The minimum Gasteiger partial charge on any atom is -0.463 e. The summed E-state index contributed by atoms with van der Waals surface area (Å²) < 4.78 is 5.77. The molecule has 0 saturated carbocycles. The highest BCUT2D eigenvalue weighted by atomic mass is 16.3. The topological polar surface area (TPSA) is 45.6 Å². The van der Waals surface area contributed by atoms with Crippen molar-refractivity contribution in [3.63, 3.8) is 0 Å². The van der Waals surface area contributed by atoms with E-state index in [-0.39, 0.29) is 0 Å². The summed E-state index contributed by atoms with van der Waals surface area (Å²) in [6.45, 7) is 8.87. The van der Waals surface area contributed by atoms with E-state index in [0.717, 1.165) is 49.7 Å². The maximum Gasteiger partial charge on any atom is 0.120 e. The maximum absolute atomic E-state index is 5.77. The lowest BCUT2D eigenvalue weighted by Crippen LogP contribution is -2.31. The highest BCUT2D eigenvalue weighted by Gasteiger charge is 2.11. The van der Waals surface area contributed by atoms with Crippen LogP contribution in [0, 0.1) is 6.92 Å². The lowest BCUT2D eigenvalue weighted by atomic mass is 10.2. The molecule has 0 aromatic carbocycles. The molecular weight excluding hydrogens is 226 g/mol. The molecule has 0 aliphatic carbocycles. The molecule has 18 heavy (non-hydrogen) atoms. The molecule has 4 nitrogen and oxygen atoms in total. The van der Waals surface area contributed by atoms with E-state index in [4.69, 9.17) is 10.2 Å². The van der Waals surface area contributed by atoms with Crippen molar-refractivity contribution in [3.8, 4) is 0 Å². The zero-order valence-corrected chi connectivity index (χ0v) is 12.2. The molecule has 2 N–H and O–H groups in total. The summed E-state index contributed by atoms with van der Waals surface area (Å²) in [6, 6.07) is 2.11. The number of aryl methyl sites for hydroxylation is 1. The maximum atomic E-state index is 5.77. The fraction of sp³-hybridized carbons (Fsp3) is 0.714. The van der Waals surface area contributed by atoms with Gasteiger partial charge in [-0.3, -0.25) is 4.90 Å². The summed E-state index contributed by atoms with van der Waals surface area (Å²) in [4.78, 5) is 4.64. The van der Waals surface area contributed by atoms with Gasteiger partial charge >= 0.3 is 0 Å². The predicted octanol–water partition coefficient (Wildman–Crippen LogP) is 1.82. The van der Waals surface area contributed by atoms with Crippen molar-refractivity contribution in [2.75, 3.05) is 33.7 Å². The first kappa shape index (κ1) is 15.2. The molecule has 0 fully saturated rings. The van der Waals surface area contributed by atoms with Crippen LogP contribution in [0.4, 0.5) is 0 Å². The molecule has 0 aliphatic heterocycles. The molecule has 1 heterocycles. The van der Waals surface area contributed by atoms with Crippen LogP contribution >= 0.6 is 0 Å². The first-order valence-corrected chi connectivity index (χ1v) is 6.72. The average Bonchev–Trinajstić information content (AvgIpc) is 2.66. The summed E-state index contributed by atoms with van der Waals surface area (Å²) in [5, 5.41) is 0. The molecule has 0 spiro atoms. The summed E-state index contributed by atoms with van der Waals surface area (Å²) in [5.74, 6) is 1.94. The standard InChI is InChI=1S/C14H27N3O/c1-5-6-17(8-7-16(3)4)11-13-9-12(2)14(10-15)18-13/h9H,5-8,10-11,15H2,1-4H3. The Morgan fingerprint density at radius 2 is 1.94 bits per heavy atom. The monoisotopic (exact) mass is 253 g/mol. The molecule has 0 atom stereocenters. The van der Waals surface area contributed by atoms with Crippen LogP contribution in [0.1, 0.15) is 30.4 Å². The first-order valence-electron chi connectivity index (χ1n) is 6.72. The Hall–Kier alpha value is -0.840. The van der Waals surface area contributed by atoms with Crippen LogP contribution in [0.2, 0.25) is 0 Å². The van der Waals surface area contributed by atoms with E-state index < -0.39 is 0 Å². The van der Waals surface area contributed by atoms with E-state index in [9.17, 15) is 0 Å². The van der Waals surface area contributed by atoms with Crippen LogP contribution in [0.15, 0.2) is 10.5 Å². The minimum absolute atomic E-state index is 0.483. The Labute approximate surface area is 111 Å². The van der Waals surface area contributed by atoms with Gasteiger partial charge in [-0.15, -0.1) is 0 Å². The van der Waals surface area contributed by atoms with Gasteiger partial charge in [0.15, 0.2) is 0 Å². The van der Waals surface area contributed by atoms with Crippen LogP contribution in [0.5, 0.6) is 0 Å². The van der Waals surface area contributed by atoms with Crippen LogP contribution in [-0.2, 0) is 13.1 Å². The van der Waals surface area contributed by atoms with Crippen LogP contribution in [-0.4, -0.2) is 43.5 Å². The second-order valence-corrected chi connectivity index (χ2v) is 5.10. The first-order chi connectivity index (χ1) is 8.56. The van der Waals surface area contributed by atoms with Gasteiger partial charge in [-0.1, -0.05) is 6.92 Å². The number of rotatable bonds is 8. The van der Waals surface area contributed by atoms with Gasteiger partial charge in [0, 0.05) is 13.1 Å². The third kappa shape index (κ3) is 4.80. The molecule has 1 aromatic heterocycles. The fourth-order valence-corrected chi connectivity index (χ4v) is 2.02. The van der Waals surface area contributed by atoms with Gasteiger partial charge in [-0.05, 0) is 45.6 Å². The van der Waals surface area contributed by atoms with Crippen molar-refractivity contribution < 1.29 is 4.42 Å². The number of nitrogens with two attached hydrogens (primary N) is 1. The molecule has 104 valence electrons. The lowest BCUT2D eigenvalue weighted by molar-refractivity contribution is 0.217. The van der Waals surface area contributed by atoms with E-state index >= 15 is 0 Å². The second-order valence-electron chi connectivity index (χ2n) is 5.10. The number of furan rings is 1. The zero-order chi connectivity index (χ0) is 13.5. The van der Waals surface area contributed by atoms with E-state index in [1.807, 2.05) is 0 Å². The normalized spacial score (nSPS) is 11.7. The molecule has 0 aliphatic rings. The molecule has 1 rings (SSSR count). The van der Waals surface area contributed by atoms with Crippen LogP contribution < -0.4 is 5.73 Å². The van der Waals surface area contributed by atoms with Gasteiger partial charge in [-0.2, -0.15) is 0 Å². The Bertz CT molecular complexity index is 347. The quantitative estimate of drug-likeness (QED) is 0.767. The van der Waals surface area contributed by atoms with Crippen molar-refractivity contribution in [3.05, 3.63) is 23.2 Å². The van der Waals surface area contributed by atoms with Crippen LogP contribution in [0.3, 0.4) is 0 Å². The Kier molecular flexibility index (Phi) is 6.39. The second kappa shape index (κ2) is 7.56. The minimum atomic E-state index is 0.483. The van der Waals surface area contributed by atoms with Crippen molar-refractivity contribution in [1.29, 1.82) is 0 Å². The van der Waals surface area contributed by atoms with Crippen molar-refractivity contribution >= 4 is 0 Å². The van der Waals surface area contributed by atoms with Crippen molar-refractivity contribution in [1.82, 2.24) is 9.80 Å². The van der Waals surface area contributed by atoms with E-state index in [1.165, 1.54) is 0 Å². The number of hydrogen-bond donors (Lipinski definition) is 1. The predicted molar refractivity (Wildman–Crippen MR) is 75.5 cm³/mol. The lowest BCUT2D eigenvalue weighted by Gasteiger charge is -2.22. The Balaban J connectivity index is 2.58. The van der Waals surface area contributed by atoms with E-state index in [2.05, 4.69) is 43.8 Å². The largest absolute Gasteiger partial charge is 0.463 e. The molecule has 0 bridgehead atoms. The van der Waals surface area contributed by atoms with Gasteiger partial charge in [0.05, 0.1) is 13.1 Å². The molecule has 0 unspecified atom stereocenters. The summed E-state index contributed by atoms with van der Waals surface area (Å²) >= 11 is 0. The SMILES string of the molecule is CCCN(CCN(C)C)Cc1cc(C)c(CN)o1. The summed E-state index contributed by atoms with van der Waals surface area (Å²) in [5.41, 5.74) is 6.80. The van der Waals surface area contributed by atoms with Crippen LogP contribution in [0.25, 0.3) is 0 Å². The fourth-order valence-electron chi connectivity index (χ4n) is 2.02. The number of nitrogens with zero attached hydrogens (tertiary/aromatic N) is 2. The third-order valence-corrected chi connectivity index (χ3v) is 3.04. The van der Waals surface area contributed by atoms with Gasteiger partial charge < -0.3 is 15.1 Å². The van der Waals surface area contributed by atoms with Gasteiger partial charge in [0.25, 0.3) is 0 Å². The molecule has 4 heteroatoms. The molecule has 0 radical (unpaired) electrons. The number of likely N-dealkylation sites (N-methyl/N-ethyl adjacent to an activating group) is 1. The number of hydrogen-bond acceptors (Lipinski definition) is 4.